The van der Waals surface area contributed by atoms with E-state index in [9.17, 15) is 4.79 Å². The summed E-state index contributed by atoms with van der Waals surface area (Å²) in [4.78, 5) is 13.3. The molecule has 0 fully saturated rings. The van der Waals surface area contributed by atoms with Crippen molar-refractivity contribution in [1.29, 1.82) is 0 Å². The van der Waals surface area contributed by atoms with Gasteiger partial charge in [-0.3, -0.25) is 0 Å². The van der Waals surface area contributed by atoms with Crippen LogP contribution in [-0.4, -0.2) is 39.6 Å². The molecule has 1 heterocycles. The Kier molecular flexibility index (Phi) is 4.22. The van der Waals surface area contributed by atoms with Gasteiger partial charge >= 0.3 is 56.6 Å². The number of carboxylic acid groups (broad SMARTS) is 1. The number of allylic oxidation sites excluding steroid dienone is 3. The van der Waals surface area contributed by atoms with Crippen molar-refractivity contribution in [3.05, 3.63) is 23.1 Å². The van der Waals surface area contributed by atoms with Gasteiger partial charge in [0.05, 0.1) is 0 Å². The second-order valence-corrected chi connectivity index (χ2v) is 5.88. The molecule has 0 radical (unpaired) electrons. The average molecular weight is 215 g/mol. The molecule has 0 aromatic heterocycles. The molecule has 1 rings (SSSR count). The molecule has 0 unspecified atom stereocenters. The van der Waals surface area contributed by atoms with Crippen LogP contribution in [-0.2, 0) is 0 Å². The van der Waals surface area contributed by atoms with Gasteiger partial charge in [0.2, 0.25) is 0 Å². The van der Waals surface area contributed by atoms with Crippen LogP contribution in [0.2, 0.25) is 0 Å². The Labute approximate surface area is 67.9 Å². The van der Waals surface area contributed by atoms with E-state index in [4.69, 9.17) is 5.11 Å². The van der Waals surface area contributed by atoms with Gasteiger partial charge in [0.1, 0.15) is 0 Å². The molecule has 0 saturated carbocycles. The van der Waals surface area contributed by atoms with Crippen molar-refractivity contribution in [2.75, 3.05) is 0 Å². The van der Waals surface area contributed by atoms with Crippen molar-refractivity contribution in [3.8, 4) is 0 Å². The maximum Gasteiger partial charge on any atom is -0.0149 e. The van der Waals surface area contributed by atoms with Crippen molar-refractivity contribution in [3.63, 3.8) is 0 Å². The van der Waals surface area contributed by atoms with Gasteiger partial charge in [-0.05, 0) is 11.0 Å². The smallest absolute Gasteiger partial charge is 0.0149 e. The van der Waals surface area contributed by atoms with E-state index < -0.39 is 18.7 Å². The molecular formula is C6H10GeO2Si. The molecule has 0 aromatic rings. The number of carbonyl (C=O) groups is 1. The molecular weight excluding hydrogens is 205 g/mol. The van der Waals surface area contributed by atoms with Crippen LogP contribution in [0.1, 0.15) is 0 Å². The van der Waals surface area contributed by atoms with Crippen molar-refractivity contribution < 1.29 is 9.90 Å². The second kappa shape index (κ2) is 4.40. The van der Waals surface area contributed by atoms with Crippen LogP contribution >= 0.6 is 0 Å². The monoisotopic (exact) mass is 216 g/mol. The molecule has 0 bridgehead atoms. The number of rotatable bonds is 1. The molecule has 1 aliphatic heterocycles. The molecule has 0 aliphatic carbocycles. The fraction of sp³-hybridized carbons (Fsp3) is 0. The molecule has 0 atom stereocenters. The minimum absolute atomic E-state index is 0. The largest absolute Gasteiger partial charge is 0.0149 e. The minimum atomic E-state index is -1.93. The Morgan fingerprint density at radius 1 is 1.30 bits per heavy atom. The second-order valence-electron chi connectivity index (χ2n) is 1.67. The Bertz CT molecular complexity index is 218. The van der Waals surface area contributed by atoms with Gasteiger partial charge in [0, 0.05) is 0 Å². The fourth-order valence-corrected chi connectivity index (χ4v) is 2.75. The first-order valence-corrected chi connectivity index (χ1v) is 6.06. The molecule has 0 saturated heterocycles. The molecule has 1 aliphatic rings. The first-order chi connectivity index (χ1) is 4.30. The molecule has 0 amide bonds. The van der Waals surface area contributed by atoms with Crippen LogP contribution < -0.4 is 0 Å². The zero-order valence-electron chi connectivity index (χ0n) is 4.74. The molecule has 2 nitrogen and oxygen atoms in total. The van der Waals surface area contributed by atoms with Crippen LogP contribution in [0.4, 0.5) is 4.79 Å². The molecule has 0 spiro atoms. The van der Waals surface area contributed by atoms with Gasteiger partial charge in [0.25, 0.3) is 0 Å². The van der Waals surface area contributed by atoms with E-state index in [2.05, 4.69) is 0 Å². The van der Waals surface area contributed by atoms with Crippen LogP contribution in [0.25, 0.3) is 0 Å². The van der Waals surface area contributed by atoms with E-state index >= 15 is 0 Å². The predicted octanol–water partition coefficient (Wildman–Crippen LogP) is -0.662. The first kappa shape index (κ1) is 9.58. The zero-order valence-corrected chi connectivity index (χ0v) is 6.84. The van der Waals surface area contributed by atoms with Gasteiger partial charge in [-0.25, -0.2) is 0 Å². The summed E-state index contributed by atoms with van der Waals surface area (Å²) in [5.41, 5.74) is 0. The average Bonchev–Trinajstić information content (AvgIpc) is 1.90. The summed E-state index contributed by atoms with van der Waals surface area (Å²) < 4.78 is 0. The van der Waals surface area contributed by atoms with E-state index in [1.807, 2.05) is 28.0 Å². The fourth-order valence-electron chi connectivity index (χ4n) is 0.581. The SMILES string of the molecule is O=[C](O)[Ge]1=[CH]C=CC=[CH]1.[SiH4]. The summed E-state index contributed by atoms with van der Waals surface area (Å²) in [6.45, 7) is 0. The normalized spacial score (nSPS) is 13.8. The zero-order chi connectivity index (χ0) is 6.69. The molecule has 54 valence electrons. The third kappa shape index (κ3) is 2.45. The molecule has 0 aromatic carbocycles. The van der Waals surface area contributed by atoms with Gasteiger partial charge in [-0.1, -0.05) is 0 Å². The third-order valence-electron chi connectivity index (χ3n) is 1.02. The van der Waals surface area contributed by atoms with E-state index in [1.54, 1.807) is 0 Å². The topological polar surface area (TPSA) is 37.3 Å². The Balaban J connectivity index is 0.000000810. The summed E-state index contributed by atoms with van der Waals surface area (Å²) in [6, 6.07) is 0. The van der Waals surface area contributed by atoms with E-state index in [0.717, 1.165) is 0 Å². The summed E-state index contributed by atoms with van der Waals surface area (Å²) in [5.74, 6) is 0. The van der Waals surface area contributed by atoms with E-state index in [1.165, 1.54) is 0 Å². The minimum Gasteiger partial charge on any atom is -0.0149 e. The predicted molar refractivity (Wildman–Crippen MR) is 49.5 cm³/mol. The van der Waals surface area contributed by atoms with Crippen LogP contribution in [0, 0.1) is 0 Å². The van der Waals surface area contributed by atoms with E-state index in [-0.39, 0.29) is 11.0 Å². The van der Waals surface area contributed by atoms with Crippen LogP contribution in [0.15, 0.2) is 23.1 Å². The van der Waals surface area contributed by atoms with Crippen LogP contribution in [0.5, 0.6) is 0 Å². The summed E-state index contributed by atoms with van der Waals surface area (Å²) in [6.07, 6.45) is 5.46. The summed E-state index contributed by atoms with van der Waals surface area (Å²) in [5, 5.41) is 8.50. The van der Waals surface area contributed by atoms with E-state index in [0.29, 0.717) is 0 Å². The van der Waals surface area contributed by atoms with Gasteiger partial charge in [0.15, 0.2) is 0 Å². The van der Waals surface area contributed by atoms with Gasteiger partial charge < -0.3 is 0 Å². The Morgan fingerprint density at radius 3 is 2.30 bits per heavy atom. The third-order valence-corrected chi connectivity index (χ3v) is 4.37. The maximum atomic E-state index is 10.3. The maximum absolute atomic E-state index is 10.3. The Hall–Kier alpha value is -0.420. The quantitative estimate of drug-likeness (QED) is 0.589. The van der Waals surface area contributed by atoms with Gasteiger partial charge in [-0.2, -0.15) is 0 Å². The first-order valence-electron chi connectivity index (χ1n) is 2.59. The molecule has 4 heteroatoms. The molecule has 1 N–H and O–H groups in total. The standard InChI is InChI=1S/C6H6GeO2.H4Si/c8-6(9)7-4-2-1-3-5-7;/h1-5H,(H,8,9);1H4. The molecule has 10 heavy (non-hydrogen) atoms. The Morgan fingerprint density at radius 2 is 2.00 bits per heavy atom. The van der Waals surface area contributed by atoms with Crippen LogP contribution in [0.3, 0.4) is 0 Å². The van der Waals surface area contributed by atoms with Crippen molar-refractivity contribution in [1.82, 2.24) is 0 Å². The van der Waals surface area contributed by atoms with Gasteiger partial charge in [-0.15, -0.1) is 0 Å². The van der Waals surface area contributed by atoms with Crippen molar-refractivity contribution >= 4 is 34.5 Å². The summed E-state index contributed by atoms with van der Waals surface area (Å²) in [7, 11) is 0. The summed E-state index contributed by atoms with van der Waals surface area (Å²) >= 11 is -1.93. The van der Waals surface area contributed by atoms with Crippen molar-refractivity contribution in [2.24, 2.45) is 0 Å². The number of hydrogen-bond acceptors (Lipinski definition) is 1. The number of hydrogen-bond donors (Lipinski definition) is 1. The van der Waals surface area contributed by atoms with Crippen molar-refractivity contribution in [2.45, 2.75) is 0 Å².